The molecule has 138 valence electrons. The third-order valence-corrected chi connectivity index (χ3v) is 4.79. The molecule has 0 radical (unpaired) electrons. The van der Waals surface area contributed by atoms with Gasteiger partial charge in [0.05, 0.1) is 0 Å². The second-order valence-corrected chi connectivity index (χ2v) is 7.04. The van der Waals surface area contributed by atoms with E-state index in [1.54, 1.807) is 42.2 Å². The van der Waals surface area contributed by atoms with Crippen molar-refractivity contribution in [3.05, 3.63) is 46.7 Å². The van der Waals surface area contributed by atoms with E-state index in [2.05, 4.69) is 10.5 Å². The number of hydrogen-bond acceptors (Lipinski definition) is 4. The van der Waals surface area contributed by atoms with Crippen LogP contribution in [-0.4, -0.2) is 34.5 Å². The maximum absolute atomic E-state index is 13.0. The van der Waals surface area contributed by atoms with Gasteiger partial charge >= 0.3 is 0 Å². The van der Waals surface area contributed by atoms with Crippen LogP contribution in [0, 0.1) is 6.92 Å². The molecule has 6 nitrogen and oxygen atoms in total. The molecule has 26 heavy (non-hydrogen) atoms. The van der Waals surface area contributed by atoms with Crippen molar-refractivity contribution < 1.29 is 14.1 Å². The summed E-state index contributed by atoms with van der Waals surface area (Å²) in [6.07, 6.45) is 5.10. The van der Waals surface area contributed by atoms with Crippen molar-refractivity contribution in [3.63, 3.8) is 0 Å². The van der Waals surface area contributed by atoms with E-state index in [0.717, 1.165) is 25.7 Å². The first-order valence-electron chi connectivity index (χ1n) is 8.82. The smallest absolute Gasteiger partial charge is 0.254 e. The van der Waals surface area contributed by atoms with Gasteiger partial charge in [0, 0.05) is 22.7 Å². The molecule has 1 aromatic heterocycles. The van der Waals surface area contributed by atoms with E-state index in [-0.39, 0.29) is 24.4 Å². The quantitative estimate of drug-likeness (QED) is 0.855. The van der Waals surface area contributed by atoms with Gasteiger partial charge in [0.15, 0.2) is 5.82 Å². The number of carbonyl (C=O) groups is 2. The number of amides is 2. The highest BCUT2D eigenvalue weighted by atomic mass is 35.5. The monoisotopic (exact) mass is 375 g/mol. The molecule has 0 spiro atoms. The summed E-state index contributed by atoms with van der Waals surface area (Å²) in [6.45, 7) is 1.72. The molecule has 1 heterocycles. The van der Waals surface area contributed by atoms with E-state index >= 15 is 0 Å². The van der Waals surface area contributed by atoms with Crippen molar-refractivity contribution in [1.29, 1.82) is 0 Å². The maximum atomic E-state index is 13.0. The van der Waals surface area contributed by atoms with Gasteiger partial charge in [-0.1, -0.05) is 42.1 Å². The Hall–Kier alpha value is -2.34. The number of anilines is 1. The number of nitrogens with one attached hydrogen (secondary N) is 1. The molecule has 7 heteroatoms. The highest BCUT2D eigenvalue weighted by molar-refractivity contribution is 6.31. The van der Waals surface area contributed by atoms with E-state index in [9.17, 15) is 9.59 Å². The van der Waals surface area contributed by atoms with E-state index in [0.29, 0.717) is 22.2 Å². The molecule has 0 aliphatic heterocycles. The van der Waals surface area contributed by atoms with Crippen LogP contribution in [-0.2, 0) is 4.79 Å². The molecule has 2 aromatic rings. The van der Waals surface area contributed by atoms with Crippen LogP contribution < -0.4 is 5.32 Å². The maximum Gasteiger partial charge on any atom is 0.254 e. The third kappa shape index (κ3) is 4.64. The SMILES string of the molecule is Cc1cc(NC(=O)CN(C(=O)c2cccc(Cl)c2)C2CCCCC2)no1. The topological polar surface area (TPSA) is 75.4 Å². The first kappa shape index (κ1) is 18.5. The lowest BCUT2D eigenvalue weighted by atomic mass is 9.93. The summed E-state index contributed by atoms with van der Waals surface area (Å²) in [5.74, 6) is 0.496. The van der Waals surface area contributed by atoms with Crippen molar-refractivity contribution in [2.75, 3.05) is 11.9 Å². The minimum atomic E-state index is -0.292. The molecule has 1 fully saturated rings. The van der Waals surface area contributed by atoms with Crippen LogP contribution in [0.5, 0.6) is 0 Å². The number of rotatable bonds is 5. The van der Waals surface area contributed by atoms with Gasteiger partial charge in [0.2, 0.25) is 5.91 Å². The van der Waals surface area contributed by atoms with Crippen molar-refractivity contribution >= 4 is 29.2 Å². The molecule has 2 amide bonds. The molecule has 1 saturated carbocycles. The van der Waals surface area contributed by atoms with E-state index in [1.165, 1.54) is 6.42 Å². The molecule has 1 N–H and O–H groups in total. The molecule has 0 unspecified atom stereocenters. The number of nitrogens with zero attached hydrogens (tertiary/aromatic N) is 2. The van der Waals surface area contributed by atoms with Crippen LogP contribution in [0.25, 0.3) is 0 Å². The Kier molecular flexibility index (Phi) is 5.93. The van der Waals surface area contributed by atoms with Crippen LogP contribution in [0.3, 0.4) is 0 Å². The number of carbonyl (C=O) groups excluding carboxylic acids is 2. The van der Waals surface area contributed by atoms with Gasteiger partial charge in [-0.3, -0.25) is 9.59 Å². The Labute approximate surface area is 157 Å². The Bertz CT molecular complexity index is 784. The summed E-state index contributed by atoms with van der Waals surface area (Å²) in [5, 5.41) is 6.95. The van der Waals surface area contributed by atoms with Gasteiger partial charge < -0.3 is 14.7 Å². The third-order valence-electron chi connectivity index (χ3n) is 4.56. The second kappa shape index (κ2) is 8.36. The van der Waals surface area contributed by atoms with Crippen molar-refractivity contribution in [2.45, 2.75) is 45.1 Å². The number of benzene rings is 1. The van der Waals surface area contributed by atoms with Crippen LogP contribution in [0.15, 0.2) is 34.9 Å². The fourth-order valence-electron chi connectivity index (χ4n) is 3.31. The lowest BCUT2D eigenvalue weighted by molar-refractivity contribution is -0.117. The Morgan fingerprint density at radius 1 is 1.27 bits per heavy atom. The standard InChI is InChI=1S/C19H22ClN3O3/c1-13-10-17(22-26-13)21-18(24)12-23(16-8-3-2-4-9-16)19(25)14-6-5-7-15(20)11-14/h5-7,10-11,16H,2-4,8-9,12H2,1H3,(H,21,22,24). The molecule has 0 atom stereocenters. The van der Waals surface area contributed by atoms with Crippen molar-refractivity contribution in [2.24, 2.45) is 0 Å². The van der Waals surface area contributed by atoms with E-state index in [4.69, 9.17) is 16.1 Å². The predicted octanol–water partition coefficient (Wildman–Crippen LogP) is 4.05. The minimum Gasteiger partial charge on any atom is -0.360 e. The first-order valence-corrected chi connectivity index (χ1v) is 9.20. The lowest BCUT2D eigenvalue weighted by Gasteiger charge is -2.34. The summed E-state index contributed by atoms with van der Waals surface area (Å²) in [5.41, 5.74) is 0.494. The number of aromatic nitrogens is 1. The fourth-order valence-corrected chi connectivity index (χ4v) is 3.50. The van der Waals surface area contributed by atoms with Crippen LogP contribution in [0.1, 0.15) is 48.2 Å². The van der Waals surface area contributed by atoms with Crippen LogP contribution in [0.4, 0.5) is 5.82 Å². The number of halogens is 1. The van der Waals surface area contributed by atoms with Gasteiger partial charge in [-0.15, -0.1) is 0 Å². The zero-order chi connectivity index (χ0) is 18.5. The molecule has 0 bridgehead atoms. The zero-order valence-electron chi connectivity index (χ0n) is 14.7. The number of hydrogen-bond donors (Lipinski definition) is 1. The van der Waals surface area contributed by atoms with Crippen molar-refractivity contribution in [1.82, 2.24) is 10.1 Å². The van der Waals surface area contributed by atoms with Gasteiger partial charge in [-0.05, 0) is 38.0 Å². The minimum absolute atomic E-state index is 0.0259. The second-order valence-electron chi connectivity index (χ2n) is 6.61. The van der Waals surface area contributed by atoms with Crippen molar-refractivity contribution in [3.8, 4) is 0 Å². The molecule has 1 aliphatic rings. The Balaban J connectivity index is 1.76. The molecule has 1 aromatic carbocycles. The molecular formula is C19H22ClN3O3. The number of aryl methyl sites for hydroxylation is 1. The Morgan fingerprint density at radius 3 is 2.69 bits per heavy atom. The predicted molar refractivity (Wildman–Crippen MR) is 99.2 cm³/mol. The lowest BCUT2D eigenvalue weighted by Crippen LogP contribution is -2.45. The highest BCUT2D eigenvalue weighted by Gasteiger charge is 2.28. The summed E-state index contributed by atoms with van der Waals surface area (Å²) in [4.78, 5) is 27.2. The molecular weight excluding hydrogens is 354 g/mol. The summed E-state index contributed by atoms with van der Waals surface area (Å²) < 4.78 is 4.96. The van der Waals surface area contributed by atoms with Gasteiger partial charge in [0.1, 0.15) is 12.3 Å². The highest BCUT2D eigenvalue weighted by Crippen LogP contribution is 2.25. The Morgan fingerprint density at radius 2 is 2.04 bits per heavy atom. The summed E-state index contributed by atoms with van der Waals surface area (Å²) in [6, 6.07) is 8.53. The van der Waals surface area contributed by atoms with E-state index < -0.39 is 0 Å². The van der Waals surface area contributed by atoms with Crippen LogP contribution in [0.2, 0.25) is 5.02 Å². The normalized spacial score (nSPS) is 14.8. The first-order chi connectivity index (χ1) is 12.5. The van der Waals surface area contributed by atoms with E-state index in [1.807, 2.05) is 0 Å². The fraction of sp³-hybridized carbons (Fsp3) is 0.421. The molecule has 0 saturated heterocycles. The average Bonchev–Trinajstić information content (AvgIpc) is 3.04. The average molecular weight is 376 g/mol. The zero-order valence-corrected chi connectivity index (χ0v) is 15.5. The van der Waals surface area contributed by atoms with Gasteiger partial charge in [-0.2, -0.15) is 0 Å². The van der Waals surface area contributed by atoms with Gasteiger partial charge in [0.25, 0.3) is 5.91 Å². The molecule has 1 aliphatic carbocycles. The molecule has 3 rings (SSSR count). The summed E-state index contributed by atoms with van der Waals surface area (Å²) >= 11 is 6.03. The van der Waals surface area contributed by atoms with Crippen LogP contribution >= 0.6 is 11.6 Å². The largest absolute Gasteiger partial charge is 0.360 e. The van der Waals surface area contributed by atoms with Gasteiger partial charge in [-0.25, -0.2) is 0 Å². The summed E-state index contributed by atoms with van der Waals surface area (Å²) in [7, 11) is 0.